The lowest BCUT2D eigenvalue weighted by Crippen LogP contribution is -2.56. The summed E-state index contributed by atoms with van der Waals surface area (Å²) in [6.45, 7) is 0.124. The van der Waals surface area contributed by atoms with Crippen molar-refractivity contribution in [3.8, 4) is 23.0 Å². The smallest absolute Gasteiger partial charge is 0.407 e. The van der Waals surface area contributed by atoms with Gasteiger partial charge in [-0.1, -0.05) is 12.1 Å². The van der Waals surface area contributed by atoms with Crippen LogP contribution in [0.15, 0.2) is 42.5 Å². The summed E-state index contributed by atoms with van der Waals surface area (Å²) in [7, 11) is 2.79. The lowest BCUT2D eigenvalue weighted by Gasteiger charge is -2.42. The quantitative estimate of drug-likeness (QED) is 0.0949. The highest BCUT2D eigenvalue weighted by Gasteiger charge is 2.50. The lowest BCUT2D eigenvalue weighted by molar-refractivity contribution is -0.249. The van der Waals surface area contributed by atoms with Gasteiger partial charge in [-0.25, -0.2) is 4.79 Å². The van der Waals surface area contributed by atoms with E-state index in [1.165, 1.54) is 39.3 Å². The van der Waals surface area contributed by atoms with Crippen molar-refractivity contribution in [3.05, 3.63) is 81.4 Å². The topological polar surface area (TPSA) is 245 Å². The van der Waals surface area contributed by atoms with Crippen LogP contribution in [0.3, 0.4) is 0 Å². The van der Waals surface area contributed by atoms with Crippen molar-refractivity contribution < 1.29 is 73.2 Å². The SMILES string of the molecule is COc1ccc(C(=O)CCOC(=O)N[C@H]2C[C@H](O[C@H]3C[C@](O)(C(=O)CO)Cc4c(O)c5c(c(O)c43)C(=O)c3c(OC)cccc3C5=O)O[C@@H](C)[C@H]2O)cc1. The number of fused-ring (bicyclic) bond motifs is 3. The fourth-order valence-electron chi connectivity index (χ4n) is 7.21. The number of Topliss-reactive ketones (excluding diaryl/α,β-unsaturated/α-hetero) is 2. The molecule has 54 heavy (non-hydrogen) atoms. The molecular formula is C38H39NO15. The van der Waals surface area contributed by atoms with Crippen LogP contribution in [0.5, 0.6) is 23.0 Å². The highest BCUT2D eigenvalue weighted by molar-refractivity contribution is 6.31. The molecule has 0 saturated carbocycles. The summed E-state index contributed by atoms with van der Waals surface area (Å²) in [5.41, 5.74) is -3.78. The maximum Gasteiger partial charge on any atom is 0.407 e. The van der Waals surface area contributed by atoms with Gasteiger partial charge < -0.3 is 54.5 Å². The number of aromatic hydroxyl groups is 2. The Morgan fingerprint density at radius 1 is 0.963 bits per heavy atom. The maximum absolute atomic E-state index is 13.9. The second kappa shape index (κ2) is 15.2. The molecule has 1 heterocycles. The van der Waals surface area contributed by atoms with Gasteiger partial charge in [0, 0.05) is 47.9 Å². The third-order valence-electron chi connectivity index (χ3n) is 10.0. The van der Waals surface area contributed by atoms with E-state index < -0.39 is 102 Å². The zero-order valence-electron chi connectivity index (χ0n) is 29.5. The molecule has 1 fully saturated rings. The van der Waals surface area contributed by atoms with Gasteiger partial charge in [0.1, 0.15) is 47.9 Å². The molecule has 3 aliphatic rings. The second-order valence-corrected chi connectivity index (χ2v) is 13.3. The van der Waals surface area contributed by atoms with Crippen LogP contribution < -0.4 is 14.8 Å². The summed E-state index contributed by atoms with van der Waals surface area (Å²) in [6.07, 6.45) is -7.60. The van der Waals surface area contributed by atoms with E-state index in [1.54, 1.807) is 24.3 Å². The molecular weight excluding hydrogens is 710 g/mol. The summed E-state index contributed by atoms with van der Waals surface area (Å²) in [6, 6.07) is 9.64. The average molecular weight is 750 g/mol. The fourth-order valence-corrected chi connectivity index (χ4v) is 7.21. The molecule has 6 N–H and O–H groups in total. The van der Waals surface area contributed by atoms with Crippen molar-refractivity contribution in [1.82, 2.24) is 5.32 Å². The Bertz CT molecular complexity index is 2010. The van der Waals surface area contributed by atoms with Gasteiger partial charge in [-0.2, -0.15) is 0 Å². The molecule has 0 aromatic heterocycles. The van der Waals surface area contributed by atoms with Crippen LogP contribution in [-0.4, -0.2) is 112 Å². The zero-order valence-corrected chi connectivity index (χ0v) is 29.5. The van der Waals surface area contributed by atoms with Crippen molar-refractivity contribution >= 4 is 29.2 Å². The first-order chi connectivity index (χ1) is 25.7. The molecule has 6 rings (SSSR count). The molecule has 0 unspecified atom stereocenters. The van der Waals surface area contributed by atoms with E-state index in [1.807, 2.05) is 0 Å². The number of rotatable bonds is 11. The number of alkyl carbamates (subject to hydrolysis) is 1. The third-order valence-corrected chi connectivity index (χ3v) is 10.0. The fraction of sp³-hybridized carbons (Fsp3) is 0.395. The van der Waals surface area contributed by atoms with E-state index in [0.29, 0.717) is 11.3 Å². The summed E-state index contributed by atoms with van der Waals surface area (Å²) >= 11 is 0. The number of aliphatic hydroxyl groups is 3. The van der Waals surface area contributed by atoms with Crippen LogP contribution in [0.1, 0.15) is 85.6 Å². The number of phenolic OH excluding ortho intramolecular Hbond substituents is 2. The number of carbonyl (C=O) groups excluding carboxylic acids is 5. The number of phenols is 2. The number of hydrogen-bond acceptors (Lipinski definition) is 15. The Morgan fingerprint density at radius 2 is 1.67 bits per heavy atom. The number of ketones is 4. The minimum absolute atomic E-state index is 0.0490. The highest BCUT2D eigenvalue weighted by Crippen LogP contribution is 2.52. The van der Waals surface area contributed by atoms with E-state index >= 15 is 0 Å². The molecule has 3 aromatic carbocycles. The highest BCUT2D eigenvalue weighted by atomic mass is 16.7. The number of carbonyl (C=O) groups is 5. The van der Waals surface area contributed by atoms with E-state index in [0.717, 1.165) is 0 Å². The van der Waals surface area contributed by atoms with Gasteiger partial charge in [-0.05, 0) is 37.3 Å². The van der Waals surface area contributed by atoms with Crippen molar-refractivity contribution in [3.63, 3.8) is 0 Å². The van der Waals surface area contributed by atoms with Crippen LogP contribution in [0.25, 0.3) is 0 Å². The third kappa shape index (κ3) is 6.89. The largest absolute Gasteiger partial charge is 0.507 e. The Morgan fingerprint density at radius 3 is 2.33 bits per heavy atom. The van der Waals surface area contributed by atoms with Crippen molar-refractivity contribution in [2.24, 2.45) is 0 Å². The van der Waals surface area contributed by atoms with Crippen molar-refractivity contribution in [1.29, 1.82) is 0 Å². The number of ether oxygens (including phenoxy) is 5. The molecule has 0 spiro atoms. The minimum Gasteiger partial charge on any atom is -0.507 e. The second-order valence-electron chi connectivity index (χ2n) is 13.3. The van der Waals surface area contributed by atoms with E-state index in [9.17, 15) is 49.5 Å². The van der Waals surface area contributed by atoms with Crippen molar-refractivity contribution in [2.75, 3.05) is 27.4 Å². The molecule has 16 heteroatoms. The number of amides is 1. The van der Waals surface area contributed by atoms with Crippen molar-refractivity contribution in [2.45, 2.75) is 68.9 Å². The predicted molar refractivity (Wildman–Crippen MR) is 184 cm³/mol. The Kier molecular flexibility index (Phi) is 10.8. The van der Waals surface area contributed by atoms with Gasteiger partial charge in [0.15, 0.2) is 23.6 Å². The Hall–Kier alpha value is -5.39. The molecule has 1 amide bonds. The number of hydrogen-bond donors (Lipinski definition) is 6. The molecule has 1 saturated heterocycles. The molecule has 1 aliphatic heterocycles. The first-order valence-corrected chi connectivity index (χ1v) is 17.1. The maximum atomic E-state index is 13.9. The molecule has 6 atom stereocenters. The standard InChI is InChI=1S/C38H39NO15/c1-17-32(43)22(39-37(48)52-12-11-23(41)18-7-9-19(50-2)10-8-18)13-27(53-17)54-25-15-38(49,26(42)16-40)14-21-29(25)36(47)31-30(34(21)45)33(44)20-5-4-6-24(51-3)28(20)35(31)46/h4-10,17,22,25,27,32,40,43,45,47,49H,11-16H2,1-3H3,(H,39,48)/t17-,22-,25-,27-,32+,38-/m0/s1. The van der Waals surface area contributed by atoms with E-state index in [2.05, 4.69) is 5.32 Å². The molecule has 16 nitrogen and oxygen atoms in total. The lowest BCUT2D eigenvalue weighted by atomic mass is 9.72. The number of nitrogens with one attached hydrogen (secondary N) is 1. The van der Waals surface area contributed by atoms with Gasteiger partial charge in [-0.3, -0.25) is 19.2 Å². The predicted octanol–water partition coefficient (Wildman–Crippen LogP) is 2.05. The Balaban J connectivity index is 1.24. The summed E-state index contributed by atoms with van der Waals surface area (Å²) < 4.78 is 27.6. The molecule has 0 radical (unpaired) electrons. The Labute approximate surface area is 308 Å². The van der Waals surface area contributed by atoms with Crippen LogP contribution in [0, 0.1) is 0 Å². The molecule has 0 bridgehead atoms. The van der Waals surface area contributed by atoms with Crippen LogP contribution in [-0.2, 0) is 25.4 Å². The number of benzene rings is 3. The molecule has 3 aromatic rings. The zero-order chi connectivity index (χ0) is 39.1. The van der Waals surface area contributed by atoms with Gasteiger partial charge in [-0.15, -0.1) is 0 Å². The molecule has 2 aliphatic carbocycles. The summed E-state index contributed by atoms with van der Waals surface area (Å²) in [5, 5.41) is 57.9. The van der Waals surface area contributed by atoms with Crippen LogP contribution in [0.4, 0.5) is 4.79 Å². The molecule has 286 valence electrons. The number of aliphatic hydroxyl groups excluding tert-OH is 2. The van der Waals surface area contributed by atoms with Gasteiger partial charge >= 0.3 is 6.09 Å². The van der Waals surface area contributed by atoms with E-state index in [-0.39, 0.29) is 53.2 Å². The first-order valence-electron chi connectivity index (χ1n) is 17.1. The average Bonchev–Trinajstić information content (AvgIpc) is 3.16. The van der Waals surface area contributed by atoms with E-state index in [4.69, 9.17) is 23.7 Å². The van der Waals surface area contributed by atoms with Gasteiger partial charge in [0.05, 0.1) is 49.2 Å². The normalized spacial score (nSPS) is 24.4. The van der Waals surface area contributed by atoms with Gasteiger partial charge in [0.2, 0.25) is 5.78 Å². The number of methoxy groups -OCH3 is 2. The summed E-state index contributed by atoms with van der Waals surface area (Å²) in [5.74, 6) is -3.88. The van der Waals surface area contributed by atoms with Crippen LogP contribution >= 0.6 is 0 Å². The van der Waals surface area contributed by atoms with Gasteiger partial charge in [0.25, 0.3) is 0 Å². The first kappa shape index (κ1) is 38.3. The summed E-state index contributed by atoms with van der Waals surface area (Å²) in [4.78, 5) is 65.8. The monoisotopic (exact) mass is 749 g/mol. The minimum atomic E-state index is -2.36. The van der Waals surface area contributed by atoms with Crippen LogP contribution in [0.2, 0.25) is 0 Å².